The van der Waals surface area contributed by atoms with Gasteiger partial charge in [0.2, 0.25) is 5.36 Å². The predicted molar refractivity (Wildman–Crippen MR) is 108 cm³/mol. The molecule has 2 aliphatic rings. The quantitative estimate of drug-likeness (QED) is 0.489. The van der Waals surface area contributed by atoms with Gasteiger partial charge >= 0.3 is 0 Å². The van der Waals surface area contributed by atoms with Crippen molar-refractivity contribution in [3.8, 4) is 22.5 Å². The zero-order valence-electron chi connectivity index (χ0n) is 16.0. The molecule has 3 rings (SSSR count). The zero-order valence-corrected chi connectivity index (χ0v) is 16.0. The van der Waals surface area contributed by atoms with Crippen molar-refractivity contribution in [3.63, 3.8) is 0 Å². The Morgan fingerprint density at radius 2 is 1.77 bits per heavy atom. The standard InChI is InChI=1S/C23H26NO2/c1-5-24(6-2)19-12-13-20-22(16-19)26-21(14-15-25-4)17(3)23(20)18-10-8-7-9-11-18/h7-16H,5-6H2,1-4H3/q+1/b15-14+. The molecule has 1 aromatic rings. The van der Waals surface area contributed by atoms with Crippen molar-refractivity contribution in [1.82, 2.24) is 4.58 Å². The number of nitrogens with zero attached hydrogens (tertiary/aromatic N) is 1. The number of rotatable bonds is 5. The maximum absolute atomic E-state index is 6.24. The first-order valence-corrected chi connectivity index (χ1v) is 9.09. The minimum absolute atomic E-state index is 0.815. The van der Waals surface area contributed by atoms with Crippen molar-refractivity contribution >= 4 is 6.08 Å². The number of benzene rings is 2. The van der Waals surface area contributed by atoms with Gasteiger partial charge in [0.05, 0.1) is 19.4 Å². The van der Waals surface area contributed by atoms with Crippen LogP contribution in [0.5, 0.6) is 0 Å². The average molecular weight is 348 g/mol. The highest BCUT2D eigenvalue weighted by atomic mass is 16.5. The van der Waals surface area contributed by atoms with E-state index in [1.807, 2.05) is 12.1 Å². The Morgan fingerprint density at radius 1 is 1.04 bits per heavy atom. The first kappa shape index (κ1) is 18.0. The molecule has 0 atom stereocenters. The molecule has 1 aliphatic heterocycles. The lowest BCUT2D eigenvalue weighted by molar-refractivity contribution is 0.340. The summed E-state index contributed by atoms with van der Waals surface area (Å²) in [5.41, 5.74) is 4.62. The summed E-state index contributed by atoms with van der Waals surface area (Å²) in [7, 11) is 1.64. The van der Waals surface area contributed by atoms with Gasteiger partial charge < -0.3 is 9.15 Å². The van der Waals surface area contributed by atoms with Gasteiger partial charge in [-0.3, -0.25) is 0 Å². The molecule has 1 aliphatic carbocycles. The van der Waals surface area contributed by atoms with Gasteiger partial charge in [0, 0.05) is 23.3 Å². The van der Waals surface area contributed by atoms with E-state index in [2.05, 4.69) is 67.8 Å². The van der Waals surface area contributed by atoms with E-state index in [1.54, 1.807) is 13.4 Å². The van der Waals surface area contributed by atoms with Gasteiger partial charge in [0.25, 0.3) is 0 Å². The van der Waals surface area contributed by atoms with Crippen LogP contribution in [-0.2, 0) is 4.74 Å². The molecule has 3 heteroatoms. The maximum Gasteiger partial charge on any atom is 0.203 e. The second-order valence-electron chi connectivity index (χ2n) is 6.22. The molecule has 0 unspecified atom stereocenters. The van der Waals surface area contributed by atoms with E-state index in [9.17, 15) is 0 Å². The summed E-state index contributed by atoms with van der Waals surface area (Å²) in [6, 6.07) is 17.0. The third kappa shape index (κ3) is 3.43. The van der Waals surface area contributed by atoms with Crippen LogP contribution >= 0.6 is 0 Å². The van der Waals surface area contributed by atoms with E-state index in [4.69, 9.17) is 9.15 Å². The molecule has 26 heavy (non-hydrogen) atoms. The van der Waals surface area contributed by atoms with Gasteiger partial charge in [-0.25, -0.2) is 4.58 Å². The van der Waals surface area contributed by atoms with Gasteiger partial charge in [0.15, 0.2) is 0 Å². The summed E-state index contributed by atoms with van der Waals surface area (Å²) in [6.45, 7) is 8.37. The average Bonchev–Trinajstić information content (AvgIpc) is 2.68. The lowest BCUT2D eigenvalue weighted by Gasteiger charge is -2.16. The Bertz CT molecular complexity index is 946. The summed E-state index contributed by atoms with van der Waals surface area (Å²) >= 11 is 0. The van der Waals surface area contributed by atoms with Crippen LogP contribution in [0.2, 0.25) is 0 Å². The van der Waals surface area contributed by atoms with Gasteiger partial charge in [-0.2, -0.15) is 0 Å². The summed E-state index contributed by atoms with van der Waals surface area (Å²) in [4.78, 5) is 0. The van der Waals surface area contributed by atoms with Crippen LogP contribution in [0.4, 0.5) is 0 Å². The summed E-state index contributed by atoms with van der Waals surface area (Å²) in [5.74, 6) is 1.70. The van der Waals surface area contributed by atoms with Gasteiger partial charge in [-0.05, 0) is 38.0 Å². The molecule has 0 radical (unpaired) electrons. The topological polar surface area (TPSA) is 25.4 Å². The first-order valence-electron chi connectivity index (χ1n) is 9.09. The molecule has 1 aromatic carbocycles. The monoisotopic (exact) mass is 348 g/mol. The van der Waals surface area contributed by atoms with E-state index >= 15 is 0 Å². The summed E-state index contributed by atoms with van der Waals surface area (Å²) in [6.07, 6.45) is 3.53. The van der Waals surface area contributed by atoms with Gasteiger partial charge in [-0.15, -0.1) is 0 Å². The normalized spacial score (nSPS) is 11.2. The van der Waals surface area contributed by atoms with Crippen molar-refractivity contribution in [3.05, 3.63) is 71.5 Å². The Hall–Kier alpha value is -2.81. The highest BCUT2D eigenvalue weighted by Gasteiger charge is 2.19. The summed E-state index contributed by atoms with van der Waals surface area (Å²) in [5, 5.41) is 1.18. The van der Waals surface area contributed by atoms with Crippen LogP contribution in [0.15, 0.2) is 59.2 Å². The van der Waals surface area contributed by atoms with Crippen LogP contribution < -0.4 is 9.93 Å². The van der Waals surface area contributed by atoms with Crippen molar-refractivity contribution in [2.75, 3.05) is 20.2 Å². The van der Waals surface area contributed by atoms with Crippen LogP contribution in [0.25, 0.3) is 28.5 Å². The van der Waals surface area contributed by atoms with Crippen LogP contribution in [0.1, 0.15) is 25.2 Å². The molecule has 0 spiro atoms. The second kappa shape index (κ2) is 8.05. The molecular weight excluding hydrogens is 322 g/mol. The minimum Gasteiger partial charge on any atom is -0.504 e. The third-order valence-corrected chi connectivity index (χ3v) is 4.75. The van der Waals surface area contributed by atoms with E-state index in [0.717, 1.165) is 35.7 Å². The number of fused-ring (bicyclic) bond motifs is 1. The Balaban J connectivity index is 2.36. The van der Waals surface area contributed by atoms with Gasteiger partial charge in [-0.1, -0.05) is 30.3 Å². The van der Waals surface area contributed by atoms with Gasteiger partial charge in [0.1, 0.15) is 24.6 Å². The predicted octanol–water partition coefficient (Wildman–Crippen LogP) is 4.79. The first-order chi connectivity index (χ1) is 12.7. The fraction of sp³-hybridized carbons (Fsp3) is 0.261. The molecule has 0 saturated carbocycles. The van der Waals surface area contributed by atoms with Crippen molar-refractivity contribution in [2.24, 2.45) is 0 Å². The number of ether oxygens (including phenoxy) is 1. The van der Waals surface area contributed by atoms with Crippen LogP contribution in [-0.4, -0.2) is 20.2 Å². The van der Waals surface area contributed by atoms with E-state index in [0.29, 0.717) is 0 Å². The highest BCUT2D eigenvalue weighted by Crippen LogP contribution is 2.38. The Labute approximate surface area is 155 Å². The van der Waals surface area contributed by atoms with Crippen LogP contribution in [0.3, 0.4) is 0 Å². The SMILES string of the molecule is CC[N+](CC)=c1ccc2c(-c3ccccc3)c(C)c(/C=C/OC)oc-2c1. The molecule has 1 heterocycles. The lowest BCUT2D eigenvalue weighted by atomic mass is 9.92. The fourth-order valence-corrected chi connectivity index (χ4v) is 3.37. The number of hydrogen-bond acceptors (Lipinski definition) is 2. The molecule has 0 saturated heterocycles. The van der Waals surface area contributed by atoms with E-state index in [-0.39, 0.29) is 0 Å². The highest BCUT2D eigenvalue weighted by molar-refractivity contribution is 5.85. The largest absolute Gasteiger partial charge is 0.504 e. The molecule has 0 N–H and O–H groups in total. The minimum atomic E-state index is 0.815. The van der Waals surface area contributed by atoms with E-state index < -0.39 is 0 Å². The Morgan fingerprint density at radius 3 is 2.42 bits per heavy atom. The molecule has 0 bridgehead atoms. The molecule has 3 nitrogen and oxygen atoms in total. The van der Waals surface area contributed by atoms with E-state index in [1.165, 1.54) is 16.5 Å². The summed E-state index contributed by atoms with van der Waals surface area (Å²) < 4.78 is 13.7. The fourth-order valence-electron chi connectivity index (χ4n) is 3.37. The smallest absolute Gasteiger partial charge is 0.203 e. The molecule has 134 valence electrons. The maximum atomic E-state index is 6.24. The molecular formula is C23H26NO2+. The third-order valence-electron chi connectivity index (χ3n) is 4.75. The van der Waals surface area contributed by atoms with Crippen molar-refractivity contribution in [1.29, 1.82) is 0 Å². The molecule has 0 aromatic heterocycles. The second-order valence-corrected chi connectivity index (χ2v) is 6.22. The molecule has 0 fully saturated rings. The van der Waals surface area contributed by atoms with Crippen molar-refractivity contribution in [2.45, 2.75) is 20.8 Å². The molecule has 0 amide bonds. The number of methoxy groups -OCH3 is 1. The van der Waals surface area contributed by atoms with Crippen LogP contribution in [0, 0.1) is 6.92 Å². The zero-order chi connectivity index (χ0) is 18.5. The number of hydrogen-bond donors (Lipinski definition) is 0. The Kier molecular flexibility index (Phi) is 5.57. The lowest BCUT2D eigenvalue weighted by Crippen LogP contribution is -2.29. The van der Waals surface area contributed by atoms with Crippen molar-refractivity contribution < 1.29 is 9.15 Å².